The van der Waals surface area contributed by atoms with Crippen molar-refractivity contribution < 1.29 is 27.4 Å². The number of likely N-dealkylation sites (N-methyl/N-ethyl adjacent to an activating group) is 1. The summed E-state index contributed by atoms with van der Waals surface area (Å²) in [4.78, 5) is 13.9. The van der Waals surface area contributed by atoms with E-state index in [4.69, 9.17) is 9.84 Å². The topological polar surface area (TPSA) is 87.1 Å². The second kappa shape index (κ2) is 9.11. The molecule has 1 atom stereocenters. The number of fused-ring (bicyclic) bond motifs is 2. The van der Waals surface area contributed by atoms with E-state index in [2.05, 4.69) is 11.8 Å². The third kappa shape index (κ3) is 4.25. The number of unbranched alkanes of at least 4 members (excludes halogenated alkanes) is 1. The normalized spacial score (nSPS) is 28.7. The van der Waals surface area contributed by atoms with Crippen LogP contribution in [0.3, 0.4) is 0 Å². The molecule has 1 aromatic rings. The molecule has 3 saturated carbocycles. The Morgan fingerprint density at radius 1 is 1.39 bits per heavy atom. The predicted octanol–water partition coefficient (Wildman–Crippen LogP) is 4.62. The summed E-state index contributed by atoms with van der Waals surface area (Å²) < 4.78 is 47.8. The van der Waals surface area contributed by atoms with Gasteiger partial charge in [-0.05, 0) is 50.3 Å². The highest BCUT2D eigenvalue weighted by atomic mass is 32.2. The second-order valence-corrected chi connectivity index (χ2v) is 12.1. The van der Waals surface area contributed by atoms with Crippen LogP contribution in [0.1, 0.15) is 51.9 Å². The first-order chi connectivity index (χ1) is 15.6. The molecule has 1 N–H and O–H groups in total. The first kappa shape index (κ1) is 24.3. The van der Waals surface area contributed by atoms with Gasteiger partial charge in [-0.1, -0.05) is 19.8 Å². The van der Waals surface area contributed by atoms with Gasteiger partial charge >= 0.3 is 5.97 Å². The number of anilines is 1. The Morgan fingerprint density at radius 3 is 2.70 bits per heavy atom. The highest BCUT2D eigenvalue weighted by Crippen LogP contribution is 2.58. The monoisotopic (exact) mass is 498 g/mol. The van der Waals surface area contributed by atoms with Crippen molar-refractivity contribution >= 4 is 33.4 Å². The molecule has 2 bridgehead atoms. The number of halogens is 1. The number of rotatable bonds is 8. The number of hydrogen-bond donors (Lipinski definition) is 1. The van der Waals surface area contributed by atoms with Gasteiger partial charge < -0.3 is 14.7 Å². The summed E-state index contributed by atoms with van der Waals surface area (Å²) in [6.45, 7) is 2.74. The fraction of sp³-hybridized carbons (Fsp3) is 0.609. The van der Waals surface area contributed by atoms with Crippen LogP contribution in [0.2, 0.25) is 0 Å². The fourth-order valence-corrected chi connectivity index (χ4v) is 7.66. The van der Waals surface area contributed by atoms with Gasteiger partial charge in [-0.25, -0.2) is 13.2 Å². The lowest BCUT2D eigenvalue weighted by Gasteiger charge is -2.50. The molecule has 1 aliphatic heterocycles. The first-order valence-electron chi connectivity index (χ1n) is 11.4. The lowest BCUT2D eigenvalue weighted by Crippen LogP contribution is -2.55. The summed E-state index contributed by atoms with van der Waals surface area (Å²) in [5.74, 6) is -2.36. The summed E-state index contributed by atoms with van der Waals surface area (Å²) >= 11 is 1.35. The van der Waals surface area contributed by atoms with Gasteiger partial charge in [0.25, 0.3) is 0 Å². The number of ether oxygens (including phenoxy) is 1. The number of aliphatic carboxylic acids is 1. The average molecular weight is 499 g/mol. The van der Waals surface area contributed by atoms with Crippen LogP contribution < -0.4 is 9.64 Å². The fourth-order valence-electron chi connectivity index (χ4n) is 5.55. The molecular weight excluding hydrogens is 467 g/mol. The maximum atomic E-state index is 13.7. The number of sulfonamides is 1. The Kier molecular flexibility index (Phi) is 6.72. The van der Waals surface area contributed by atoms with Crippen LogP contribution in [0.25, 0.3) is 0 Å². The van der Waals surface area contributed by atoms with E-state index in [-0.39, 0.29) is 22.2 Å². The zero-order chi connectivity index (χ0) is 24.0. The molecule has 0 aromatic heterocycles. The molecular formula is C23H31FN2O5S2. The standard InChI is InChI=1S/C23H31FN2O5S2/c1-4-5-6-16-13-26(23-8-7-15(11-23)12-23)18-9-20(32-3)19(31-14-17(24)22(27)28)10-21(18)33(29,30)25(16)2/h9-10,14-16H,4-8,11-13H2,1-3H3,(H,27,28)/b17-14-/t15?,16-,23?/m0/s1. The molecule has 7 nitrogen and oxygen atoms in total. The minimum Gasteiger partial charge on any atom is -0.476 e. The number of hydrogen-bond acceptors (Lipinski definition) is 6. The summed E-state index contributed by atoms with van der Waals surface area (Å²) in [6.07, 6.45) is 9.42. The highest BCUT2D eigenvalue weighted by molar-refractivity contribution is 7.98. The minimum absolute atomic E-state index is 0.0159. The Balaban J connectivity index is 1.84. The number of benzene rings is 1. The summed E-state index contributed by atoms with van der Waals surface area (Å²) in [5, 5.41) is 8.78. The summed E-state index contributed by atoms with van der Waals surface area (Å²) in [6, 6.07) is 3.09. The predicted molar refractivity (Wildman–Crippen MR) is 126 cm³/mol. The SMILES string of the molecule is CCCC[C@H]1CN(C23CCC(C2)C3)c2cc(SC)c(O/C=C(\F)C(=O)O)cc2S(=O)(=O)N1C. The van der Waals surface area contributed by atoms with Crippen molar-refractivity contribution in [2.45, 2.75) is 73.2 Å². The van der Waals surface area contributed by atoms with Gasteiger partial charge in [0.2, 0.25) is 15.9 Å². The molecule has 33 heavy (non-hydrogen) atoms. The van der Waals surface area contributed by atoms with E-state index in [9.17, 15) is 17.6 Å². The smallest absolute Gasteiger partial charge is 0.368 e. The van der Waals surface area contributed by atoms with E-state index >= 15 is 0 Å². The number of thioether (sulfide) groups is 1. The zero-order valence-electron chi connectivity index (χ0n) is 19.2. The van der Waals surface area contributed by atoms with Crippen LogP contribution in [-0.4, -0.2) is 55.2 Å². The Morgan fingerprint density at radius 2 is 2.12 bits per heavy atom. The van der Waals surface area contributed by atoms with Crippen molar-refractivity contribution in [1.29, 1.82) is 0 Å². The molecule has 0 amide bonds. The van der Waals surface area contributed by atoms with Crippen LogP contribution in [0.5, 0.6) is 5.75 Å². The van der Waals surface area contributed by atoms with Gasteiger partial charge in [0.1, 0.15) is 16.9 Å². The van der Waals surface area contributed by atoms with E-state index in [1.54, 1.807) is 7.05 Å². The van der Waals surface area contributed by atoms with Crippen molar-refractivity contribution in [3.05, 3.63) is 24.2 Å². The van der Waals surface area contributed by atoms with Crippen molar-refractivity contribution in [2.75, 3.05) is 24.7 Å². The molecule has 3 aliphatic carbocycles. The first-order valence-corrected chi connectivity index (χ1v) is 14.0. The Bertz CT molecular complexity index is 1060. The molecule has 0 radical (unpaired) electrons. The second-order valence-electron chi connectivity index (χ2n) is 9.32. The molecule has 0 unspecified atom stereocenters. The summed E-state index contributed by atoms with van der Waals surface area (Å²) in [5.41, 5.74) is 0.651. The zero-order valence-corrected chi connectivity index (χ0v) is 20.8. The van der Waals surface area contributed by atoms with E-state index in [1.807, 2.05) is 12.3 Å². The molecule has 4 aliphatic rings. The highest BCUT2D eigenvalue weighted by Gasteiger charge is 2.56. The summed E-state index contributed by atoms with van der Waals surface area (Å²) in [7, 11) is -2.21. The molecule has 1 aromatic carbocycles. The van der Waals surface area contributed by atoms with E-state index in [1.165, 1.54) is 28.6 Å². The van der Waals surface area contributed by atoms with E-state index < -0.39 is 21.8 Å². The lowest BCUT2D eigenvalue weighted by molar-refractivity contribution is -0.134. The van der Waals surface area contributed by atoms with E-state index in [0.29, 0.717) is 29.3 Å². The van der Waals surface area contributed by atoms with Crippen LogP contribution in [-0.2, 0) is 14.8 Å². The quantitative estimate of drug-likeness (QED) is 0.318. The van der Waals surface area contributed by atoms with Crippen molar-refractivity contribution in [3.63, 3.8) is 0 Å². The molecule has 182 valence electrons. The van der Waals surface area contributed by atoms with Gasteiger partial charge in [0.05, 0.1) is 10.6 Å². The third-order valence-electron chi connectivity index (χ3n) is 7.41. The van der Waals surface area contributed by atoms with Crippen LogP contribution in [0.15, 0.2) is 34.0 Å². The van der Waals surface area contributed by atoms with Crippen LogP contribution in [0, 0.1) is 5.92 Å². The molecule has 10 heteroatoms. The maximum Gasteiger partial charge on any atom is 0.368 e. The van der Waals surface area contributed by atoms with Gasteiger partial charge in [-0.2, -0.15) is 8.70 Å². The number of nitrogens with zero attached hydrogens (tertiary/aromatic N) is 2. The third-order valence-corrected chi connectivity index (χ3v) is 10.1. The molecule has 3 fully saturated rings. The minimum atomic E-state index is -3.84. The Hall–Kier alpha value is -1.78. The van der Waals surface area contributed by atoms with Gasteiger partial charge in [-0.15, -0.1) is 11.8 Å². The molecule has 0 saturated heterocycles. The molecule has 5 rings (SSSR count). The van der Waals surface area contributed by atoms with Gasteiger partial charge in [-0.3, -0.25) is 0 Å². The number of carboxylic acid groups (broad SMARTS) is 1. The van der Waals surface area contributed by atoms with Crippen LogP contribution >= 0.6 is 11.8 Å². The largest absolute Gasteiger partial charge is 0.476 e. The van der Waals surface area contributed by atoms with Gasteiger partial charge in [0.15, 0.2) is 0 Å². The Labute approximate surface area is 199 Å². The van der Waals surface area contributed by atoms with Gasteiger partial charge in [0, 0.05) is 31.2 Å². The number of carbonyl (C=O) groups is 1. The maximum absolute atomic E-state index is 13.7. The van der Waals surface area contributed by atoms with Crippen molar-refractivity contribution in [1.82, 2.24) is 4.31 Å². The van der Waals surface area contributed by atoms with E-state index in [0.717, 1.165) is 38.5 Å². The molecule has 0 spiro atoms. The van der Waals surface area contributed by atoms with Crippen molar-refractivity contribution in [3.8, 4) is 5.75 Å². The molecule has 1 heterocycles. The average Bonchev–Trinajstić information content (AvgIpc) is 3.36. The lowest BCUT2D eigenvalue weighted by atomic mass is 9.75. The van der Waals surface area contributed by atoms with Crippen molar-refractivity contribution in [2.24, 2.45) is 5.92 Å². The number of carboxylic acids is 1. The van der Waals surface area contributed by atoms with Crippen LogP contribution in [0.4, 0.5) is 10.1 Å².